The molecule has 3 heterocycles. The Labute approximate surface area is 524 Å². The van der Waals surface area contributed by atoms with Crippen LogP contribution in [0.2, 0.25) is 0 Å². The normalized spacial score (nSPS) is 17.3. The van der Waals surface area contributed by atoms with Crippen molar-refractivity contribution < 1.29 is 33.3 Å². The van der Waals surface area contributed by atoms with E-state index in [1.165, 1.54) is 49.4 Å². The lowest BCUT2D eigenvalue weighted by Crippen LogP contribution is -2.21. The Kier molecular flexibility index (Phi) is 19.6. The quantitative estimate of drug-likeness (QED) is 0.0878. The summed E-state index contributed by atoms with van der Waals surface area (Å²) in [4.78, 5) is 26.0. The van der Waals surface area contributed by atoms with E-state index in [2.05, 4.69) is 137 Å². The second kappa shape index (κ2) is 25.3. The number of ether oxygens (including phenoxy) is 5. The fourth-order valence-electron chi connectivity index (χ4n) is 10.0. The summed E-state index contributed by atoms with van der Waals surface area (Å²) in [5.41, 5.74) is 12.1. The highest BCUT2D eigenvalue weighted by atomic mass is 35.5. The number of benzene rings is 4. The molecule has 4 aromatic rings. The Bertz CT molecular complexity index is 3230. The van der Waals surface area contributed by atoms with Crippen LogP contribution in [-0.2, 0) is 61.7 Å². The number of allylic oxidation sites excluding steroid dienone is 3. The number of fused-ring (bicyclic) bond motifs is 8. The minimum Gasteiger partial charge on any atom is -0.496 e. The van der Waals surface area contributed by atoms with E-state index in [1.54, 1.807) is 14.2 Å². The van der Waals surface area contributed by atoms with Crippen molar-refractivity contribution in [2.75, 3.05) is 51.3 Å². The van der Waals surface area contributed by atoms with Gasteiger partial charge in [-0.3, -0.25) is 9.59 Å². The second-order valence-electron chi connectivity index (χ2n) is 24.6. The maximum absolute atomic E-state index is 13.2. The molecule has 432 valence electrons. The lowest BCUT2D eigenvalue weighted by molar-refractivity contribution is -0.118. The topological polar surface area (TPSA) is 80.3 Å². The summed E-state index contributed by atoms with van der Waals surface area (Å²) < 4.78 is 40.4. The molecule has 0 saturated heterocycles. The highest BCUT2D eigenvalue weighted by Gasteiger charge is 2.35. The van der Waals surface area contributed by atoms with Crippen LogP contribution in [0, 0.1) is 0 Å². The lowest BCUT2D eigenvalue weighted by Gasteiger charge is -2.29. The van der Waals surface area contributed by atoms with Crippen LogP contribution in [0.25, 0.3) is 0 Å². The molecular weight excluding hydrogens is 1210 g/mol. The third kappa shape index (κ3) is 14.2. The van der Waals surface area contributed by atoms with E-state index in [4.69, 9.17) is 58.5 Å². The number of hydrogen-bond acceptors (Lipinski definition) is 14. The van der Waals surface area contributed by atoms with E-state index in [-0.39, 0.29) is 40.6 Å². The molecule has 0 radical (unpaired) electrons. The van der Waals surface area contributed by atoms with Crippen LogP contribution in [0.15, 0.2) is 96.0 Å². The van der Waals surface area contributed by atoms with Gasteiger partial charge in [0, 0.05) is 42.9 Å². The van der Waals surface area contributed by atoms with Crippen molar-refractivity contribution in [1.82, 2.24) is 0 Å². The Morgan fingerprint density at radius 2 is 0.802 bits per heavy atom. The molecule has 0 spiro atoms. The first-order valence-corrected chi connectivity index (χ1v) is 34.5. The largest absolute Gasteiger partial charge is 0.496 e. The van der Waals surface area contributed by atoms with Crippen molar-refractivity contribution in [1.29, 1.82) is 0 Å². The highest BCUT2D eigenvalue weighted by Crippen LogP contribution is 2.64. The summed E-state index contributed by atoms with van der Waals surface area (Å²) in [6, 6.07) is 18.5. The molecule has 0 atom stereocenters. The average molecular weight is 1280 g/mol. The van der Waals surface area contributed by atoms with Gasteiger partial charge in [-0.2, -0.15) is 0 Å². The van der Waals surface area contributed by atoms with Gasteiger partial charge >= 0.3 is 0 Å². The van der Waals surface area contributed by atoms with E-state index in [0.717, 1.165) is 73.1 Å². The van der Waals surface area contributed by atoms with Crippen molar-refractivity contribution in [3.63, 3.8) is 0 Å². The van der Waals surface area contributed by atoms with Gasteiger partial charge in [0.05, 0.1) is 42.0 Å². The molecule has 3 aliphatic heterocycles. The molecule has 0 aromatic heterocycles. The molecule has 5 aliphatic rings. The molecule has 81 heavy (non-hydrogen) atoms. The van der Waals surface area contributed by atoms with Crippen molar-refractivity contribution in [3.05, 3.63) is 163 Å². The number of carbonyl (C=O) groups excluding carboxylic acids is 2. The number of ketones is 2. The SMILES string of the molecule is COc1c2cc(C(C)(C)C)cc1Cc1cc(C(C)(C)C)cc(c1OCCSC1=CSC(=C3SC4=C(SCCS4)S3)S1)Cc1cc(C(C)(C)C)cc(c1OC)Cc1cc(C(C)(C)C)cc(c1OCCOC1=C(Cl)C(=O)C(Cl)=C(Cl)C1=O)C2. The Morgan fingerprint density at radius 3 is 1.19 bits per heavy atom. The van der Waals surface area contributed by atoms with Gasteiger partial charge in [-0.25, -0.2) is 0 Å². The molecule has 0 N–H and O–H groups in total. The number of thioether (sulfide) groups is 7. The maximum atomic E-state index is 13.2. The van der Waals surface area contributed by atoms with Crippen LogP contribution in [-0.4, -0.2) is 62.9 Å². The standard InChI is InChI=1S/C64H71Cl3O7S7/c1-61(2,3)42-25-34-21-38-29-44(63(7,8)9)30-39(54(38)72-15-16-73-56-49(67)50(68)47(65)48(66)51(56)69)22-35-26-43(62(4,5)6)28-37(53(35)71-14)24-41-32-45(64(10,11)12)31-40(23-36(27-42)52(34)70-13)55(41)74-17-18-75-46-33-78-59(79-46)60-80-57-58(81-60)77-20-19-76-57/h25-33H,15-24H2,1-14H3. The number of Topliss-reactive ketones (excluding diaryl/α,β-unsaturated/α-hetero) is 2. The summed E-state index contributed by atoms with van der Waals surface area (Å²) in [6.07, 6.45) is 2.04. The first-order chi connectivity index (χ1) is 38.1. The van der Waals surface area contributed by atoms with E-state index >= 15 is 0 Å². The second-order valence-corrected chi connectivity index (χ2v) is 34.4. The third-order valence-corrected chi connectivity index (χ3v) is 25.6. The zero-order valence-corrected chi connectivity index (χ0v) is 56.6. The van der Waals surface area contributed by atoms with Gasteiger partial charge in [0.2, 0.25) is 11.6 Å². The molecule has 0 amide bonds. The predicted molar refractivity (Wildman–Crippen MR) is 353 cm³/mol. The minimum absolute atomic E-state index is 0.00449. The number of carbonyl (C=O) groups is 2. The van der Waals surface area contributed by atoms with Gasteiger partial charge in [-0.05, 0) is 93.8 Å². The summed E-state index contributed by atoms with van der Waals surface area (Å²) in [6.45, 7) is 27.5. The Balaban J connectivity index is 1.17. The van der Waals surface area contributed by atoms with Crippen LogP contribution < -0.4 is 18.9 Å². The maximum Gasteiger partial charge on any atom is 0.242 e. The number of methoxy groups -OCH3 is 2. The monoisotopic (exact) mass is 1280 g/mol. The first-order valence-electron chi connectivity index (χ1n) is 27.1. The van der Waals surface area contributed by atoms with E-state index in [9.17, 15) is 9.59 Å². The van der Waals surface area contributed by atoms with Gasteiger partial charge in [0.15, 0.2) is 5.76 Å². The summed E-state index contributed by atoms with van der Waals surface area (Å²) in [5.74, 6) is 4.46. The fraction of sp³-hybridized carbons (Fsp3) is 0.438. The highest BCUT2D eigenvalue weighted by molar-refractivity contribution is 8.43. The van der Waals surface area contributed by atoms with Crippen molar-refractivity contribution in [3.8, 4) is 23.0 Å². The van der Waals surface area contributed by atoms with Crippen molar-refractivity contribution >= 4 is 129 Å². The van der Waals surface area contributed by atoms with Gasteiger partial charge < -0.3 is 23.7 Å². The molecule has 0 unspecified atom stereocenters. The molecule has 0 saturated carbocycles. The average Bonchev–Trinajstić information content (AvgIpc) is 4.24. The molecule has 9 rings (SSSR count). The number of rotatable bonds is 12. The van der Waals surface area contributed by atoms with Gasteiger partial charge in [0.1, 0.15) is 51.3 Å². The van der Waals surface area contributed by atoms with Crippen LogP contribution in [0.1, 0.15) is 150 Å². The Hall–Kier alpha value is -2.76. The van der Waals surface area contributed by atoms with Gasteiger partial charge in [-0.15, -0.1) is 35.3 Å². The lowest BCUT2D eigenvalue weighted by atomic mass is 9.79. The van der Waals surface area contributed by atoms with Gasteiger partial charge in [-0.1, -0.05) is 213 Å². The number of halogens is 3. The van der Waals surface area contributed by atoms with E-state index in [0.29, 0.717) is 38.0 Å². The van der Waals surface area contributed by atoms with E-state index < -0.39 is 26.7 Å². The zero-order chi connectivity index (χ0) is 58.5. The summed E-state index contributed by atoms with van der Waals surface area (Å²) in [7, 11) is 3.54. The van der Waals surface area contributed by atoms with Crippen LogP contribution in [0.5, 0.6) is 23.0 Å². The molecule has 17 heteroatoms. The predicted octanol–water partition coefficient (Wildman–Crippen LogP) is 18.9. The molecule has 7 nitrogen and oxygen atoms in total. The molecular formula is C64H71Cl3O7S7. The molecule has 2 aliphatic carbocycles. The smallest absolute Gasteiger partial charge is 0.242 e. The fourth-order valence-corrected chi connectivity index (χ4v) is 20.5. The van der Waals surface area contributed by atoms with Crippen LogP contribution in [0.3, 0.4) is 0 Å². The zero-order valence-electron chi connectivity index (χ0n) is 48.6. The Morgan fingerprint density at radius 1 is 0.444 bits per heavy atom. The molecule has 4 aromatic carbocycles. The summed E-state index contributed by atoms with van der Waals surface area (Å²) in [5, 5.41) is 1.02. The molecule has 8 bridgehead atoms. The van der Waals surface area contributed by atoms with Crippen molar-refractivity contribution in [2.45, 2.75) is 130 Å². The van der Waals surface area contributed by atoms with Crippen LogP contribution >= 0.6 is 117 Å². The minimum atomic E-state index is -0.771. The van der Waals surface area contributed by atoms with E-state index in [1.807, 2.05) is 82.3 Å². The van der Waals surface area contributed by atoms with Gasteiger partial charge in [0.25, 0.3) is 0 Å². The molecule has 0 fully saturated rings. The summed E-state index contributed by atoms with van der Waals surface area (Å²) >= 11 is 32.1. The van der Waals surface area contributed by atoms with Crippen LogP contribution in [0.4, 0.5) is 0 Å². The van der Waals surface area contributed by atoms with Crippen molar-refractivity contribution in [2.24, 2.45) is 0 Å². The first kappa shape index (κ1) is 62.8. The third-order valence-electron chi connectivity index (χ3n) is 14.4. The number of hydrogen-bond donors (Lipinski definition) is 0.